The lowest BCUT2D eigenvalue weighted by Gasteiger charge is -2.16. The molecule has 2 unspecified atom stereocenters. The normalized spacial score (nSPS) is 14.0. The van der Waals surface area contributed by atoms with Crippen molar-refractivity contribution in [1.29, 1.82) is 0 Å². The predicted octanol–water partition coefficient (Wildman–Crippen LogP) is 11.0. The Bertz CT molecular complexity index is 2390. The lowest BCUT2D eigenvalue weighted by molar-refractivity contribution is 0.231. The maximum Gasteiger partial charge on any atom is 0.0981 e. The quantitative estimate of drug-likeness (QED) is 0.189. The second-order valence-electron chi connectivity index (χ2n) is 12.3. The zero-order chi connectivity index (χ0) is 30.8. The summed E-state index contributed by atoms with van der Waals surface area (Å²) >= 11 is 0. The molecule has 0 aromatic heterocycles. The summed E-state index contributed by atoms with van der Waals surface area (Å²) in [5.74, 6) is 0. The predicted molar refractivity (Wildman–Crippen MR) is 195 cm³/mol. The molecule has 0 radical (unpaired) electrons. The van der Waals surface area contributed by atoms with E-state index in [0.29, 0.717) is 0 Å². The summed E-state index contributed by atoms with van der Waals surface area (Å²) in [5, 5.41) is 36.9. The highest BCUT2D eigenvalue weighted by Crippen LogP contribution is 2.39. The molecule has 46 heavy (non-hydrogen) atoms. The third-order valence-corrected chi connectivity index (χ3v) is 9.64. The van der Waals surface area contributed by atoms with Crippen molar-refractivity contribution in [2.75, 3.05) is 0 Å². The van der Waals surface area contributed by atoms with E-state index in [9.17, 15) is 10.2 Å². The summed E-state index contributed by atoms with van der Waals surface area (Å²) in [7, 11) is 0. The fourth-order valence-corrected chi connectivity index (χ4v) is 7.36. The maximum atomic E-state index is 11.3. The molecule has 0 spiro atoms. The minimum absolute atomic E-state index is 0.732. The molecule has 0 heterocycles. The smallest absolute Gasteiger partial charge is 0.0981 e. The Kier molecular flexibility index (Phi) is 6.14. The van der Waals surface area contributed by atoms with E-state index < -0.39 is 12.2 Å². The average molecular weight is 591 g/mol. The summed E-state index contributed by atoms with van der Waals surface area (Å²) in [6, 6.07) is 46.5. The first kappa shape index (κ1) is 26.8. The number of benzene rings is 9. The number of hydrogen-bond acceptors (Lipinski definition) is 2. The molecule has 9 rings (SSSR count). The molecule has 9 aromatic rings. The highest BCUT2D eigenvalue weighted by atomic mass is 16.3. The molecule has 0 bridgehead atoms. The van der Waals surface area contributed by atoms with Gasteiger partial charge in [-0.1, -0.05) is 158 Å². The van der Waals surface area contributed by atoms with Gasteiger partial charge >= 0.3 is 0 Å². The van der Waals surface area contributed by atoms with Crippen LogP contribution in [0.1, 0.15) is 34.5 Å². The molecule has 0 fully saturated rings. The van der Waals surface area contributed by atoms with Gasteiger partial charge in [0.05, 0.1) is 12.2 Å². The minimum atomic E-state index is -0.732. The van der Waals surface area contributed by atoms with Gasteiger partial charge in [-0.05, 0) is 86.9 Å². The van der Waals surface area contributed by atoms with Gasteiger partial charge in [0.1, 0.15) is 0 Å². The maximum absolute atomic E-state index is 11.3. The van der Waals surface area contributed by atoms with Crippen molar-refractivity contribution in [3.05, 3.63) is 168 Å². The summed E-state index contributed by atoms with van der Waals surface area (Å²) in [6.45, 7) is 0. The first-order valence-electron chi connectivity index (χ1n) is 15.8. The Morgan fingerprint density at radius 3 is 1.07 bits per heavy atom. The van der Waals surface area contributed by atoms with Gasteiger partial charge in [0, 0.05) is 0 Å². The second kappa shape index (κ2) is 10.5. The van der Waals surface area contributed by atoms with Crippen LogP contribution < -0.4 is 0 Å². The number of rotatable bonds is 6. The standard InChI is InChI=1S/C44H30O2/c45-39(35-21-17-33-15-13-29-3-1-5-31-19-23-37(35)43(33)41(29)31)25-11-27-7-9-28(10-8-27)12-26-40(46)36-22-18-34-16-14-30-4-2-6-32-20-24-38(36)44(34)42(30)32/h1-26,39-40,45-46H/b25-11+,26-12+. The summed E-state index contributed by atoms with van der Waals surface area (Å²) in [5.41, 5.74) is 3.81. The molecule has 0 amide bonds. The Labute approximate surface area is 266 Å². The van der Waals surface area contributed by atoms with Crippen LogP contribution in [-0.2, 0) is 0 Å². The molecule has 2 nitrogen and oxygen atoms in total. The molecular formula is C44H30O2. The first-order valence-corrected chi connectivity index (χ1v) is 15.8. The summed E-state index contributed by atoms with van der Waals surface area (Å²) in [6.07, 6.45) is 6.18. The summed E-state index contributed by atoms with van der Waals surface area (Å²) in [4.78, 5) is 0. The van der Waals surface area contributed by atoms with Crippen molar-refractivity contribution in [3.8, 4) is 0 Å². The molecule has 0 aliphatic carbocycles. The molecule has 0 saturated carbocycles. The first-order chi connectivity index (χ1) is 22.6. The minimum Gasteiger partial charge on any atom is -0.384 e. The molecule has 218 valence electrons. The van der Waals surface area contributed by atoms with Gasteiger partial charge in [-0.25, -0.2) is 0 Å². The van der Waals surface area contributed by atoms with E-state index in [0.717, 1.165) is 33.0 Å². The van der Waals surface area contributed by atoms with Crippen LogP contribution in [0.2, 0.25) is 0 Å². The fourth-order valence-electron chi connectivity index (χ4n) is 7.36. The van der Waals surface area contributed by atoms with Crippen molar-refractivity contribution in [1.82, 2.24) is 0 Å². The topological polar surface area (TPSA) is 40.5 Å². The highest BCUT2D eigenvalue weighted by Gasteiger charge is 2.15. The van der Waals surface area contributed by atoms with Crippen molar-refractivity contribution >= 4 is 76.8 Å². The van der Waals surface area contributed by atoms with Crippen LogP contribution in [0.3, 0.4) is 0 Å². The Morgan fingerprint density at radius 2 is 0.674 bits per heavy atom. The van der Waals surface area contributed by atoms with Gasteiger partial charge in [0.25, 0.3) is 0 Å². The number of hydrogen-bond donors (Lipinski definition) is 2. The molecule has 2 N–H and O–H groups in total. The van der Waals surface area contributed by atoms with Crippen LogP contribution in [0, 0.1) is 0 Å². The van der Waals surface area contributed by atoms with Crippen molar-refractivity contribution < 1.29 is 10.2 Å². The van der Waals surface area contributed by atoms with Gasteiger partial charge in [0.2, 0.25) is 0 Å². The lowest BCUT2D eigenvalue weighted by Crippen LogP contribution is -1.96. The third kappa shape index (κ3) is 4.27. The van der Waals surface area contributed by atoms with Gasteiger partial charge in [-0.15, -0.1) is 0 Å². The molecule has 2 heteroatoms. The van der Waals surface area contributed by atoms with Gasteiger partial charge in [-0.3, -0.25) is 0 Å². The monoisotopic (exact) mass is 590 g/mol. The van der Waals surface area contributed by atoms with E-state index in [-0.39, 0.29) is 0 Å². The van der Waals surface area contributed by atoms with Crippen LogP contribution in [0.25, 0.3) is 76.8 Å². The molecule has 9 aromatic carbocycles. The lowest BCUT2D eigenvalue weighted by atomic mass is 9.90. The van der Waals surface area contributed by atoms with E-state index in [1.54, 1.807) is 0 Å². The van der Waals surface area contributed by atoms with Crippen molar-refractivity contribution in [3.63, 3.8) is 0 Å². The largest absolute Gasteiger partial charge is 0.384 e. The Balaban J connectivity index is 0.963. The number of aliphatic hydroxyl groups excluding tert-OH is 2. The van der Waals surface area contributed by atoms with Gasteiger partial charge in [-0.2, -0.15) is 0 Å². The van der Waals surface area contributed by atoms with Crippen LogP contribution in [0.15, 0.2) is 146 Å². The van der Waals surface area contributed by atoms with Gasteiger partial charge in [0.15, 0.2) is 0 Å². The third-order valence-electron chi connectivity index (χ3n) is 9.64. The van der Waals surface area contributed by atoms with E-state index in [4.69, 9.17) is 0 Å². The molecule has 0 saturated heterocycles. The fraction of sp³-hybridized carbons (Fsp3) is 0.0455. The zero-order valence-corrected chi connectivity index (χ0v) is 25.1. The molecule has 2 atom stereocenters. The second-order valence-corrected chi connectivity index (χ2v) is 12.3. The van der Waals surface area contributed by atoms with Crippen molar-refractivity contribution in [2.24, 2.45) is 0 Å². The van der Waals surface area contributed by atoms with E-state index >= 15 is 0 Å². The SMILES string of the molecule is OC(/C=C/c1ccc(/C=C/C(O)c2ccc3ccc4cccc5ccc2c3c45)cc1)c1ccc2ccc3cccc4ccc1c2c34. The summed E-state index contributed by atoms with van der Waals surface area (Å²) < 4.78 is 0. The highest BCUT2D eigenvalue weighted by molar-refractivity contribution is 6.24. The number of aliphatic hydroxyl groups is 2. The van der Waals surface area contributed by atoms with Crippen LogP contribution in [0.4, 0.5) is 0 Å². The van der Waals surface area contributed by atoms with Gasteiger partial charge < -0.3 is 10.2 Å². The van der Waals surface area contributed by atoms with E-state index in [2.05, 4.69) is 97.1 Å². The molecule has 0 aliphatic rings. The molecular weight excluding hydrogens is 560 g/mol. The van der Waals surface area contributed by atoms with Crippen LogP contribution in [0.5, 0.6) is 0 Å². The average Bonchev–Trinajstić information content (AvgIpc) is 3.11. The van der Waals surface area contributed by atoms with E-state index in [1.165, 1.54) is 53.9 Å². The van der Waals surface area contributed by atoms with Crippen LogP contribution >= 0.6 is 0 Å². The Morgan fingerprint density at radius 1 is 0.348 bits per heavy atom. The van der Waals surface area contributed by atoms with Crippen LogP contribution in [-0.4, -0.2) is 10.2 Å². The van der Waals surface area contributed by atoms with E-state index in [1.807, 2.05) is 60.7 Å². The Hall–Kier alpha value is -5.54. The zero-order valence-electron chi connectivity index (χ0n) is 25.1. The molecule has 0 aliphatic heterocycles. The van der Waals surface area contributed by atoms with Crippen molar-refractivity contribution in [2.45, 2.75) is 12.2 Å².